The summed E-state index contributed by atoms with van der Waals surface area (Å²) in [5.41, 5.74) is 1.20. The Hall–Kier alpha value is -1.62. The Kier molecular flexibility index (Phi) is 5.56. The predicted octanol–water partition coefficient (Wildman–Crippen LogP) is 1.54. The number of aromatic nitrogens is 1. The Morgan fingerprint density at radius 1 is 1.52 bits per heavy atom. The number of pyridine rings is 1. The average molecular weight is 290 g/mol. The maximum absolute atomic E-state index is 11.9. The van der Waals surface area contributed by atoms with Crippen molar-refractivity contribution in [2.45, 2.75) is 39.3 Å². The van der Waals surface area contributed by atoms with E-state index in [2.05, 4.69) is 40.4 Å². The minimum atomic E-state index is 0.0664. The standard InChI is InChI=1S/C16H26N4O/c1-12(2)19-10-13-6-4-8-18-15(13)20-9-5-7-14(11-20)16(21)17-3/h4,6,8,12,14,19H,5,7,9-11H2,1-3H3,(H,17,21). The van der Waals surface area contributed by atoms with Crippen LogP contribution in [0.25, 0.3) is 0 Å². The van der Waals surface area contributed by atoms with Crippen molar-refractivity contribution in [3.8, 4) is 0 Å². The third-order valence-corrected chi connectivity index (χ3v) is 3.91. The number of amides is 1. The molecule has 21 heavy (non-hydrogen) atoms. The van der Waals surface area contributed by atoms with Crippen molar-refractivity contribution in [3.63, 3.8) is 0 Å². The molecule has 0 saturated carbocycles. The highest BCUT2D eigenvalue weighted by Crippen LogP contribution is 2.24. The molecule has 1 fully saturated rings. The first-order valence-corrected chi connectivity index (χ1v) is 7.75. The molecule has 0 spiro atoms. The normalized spacial score (nSPS) is 18.9. The van der Waals surface area contributed by atoms with E-state index in [4.69, 9.17) is 0 Å². The van der Waals surface area contributed by atoms with Crippen molar-refractivity contribution in [3.05, 3.63) is 23.9 Å². The van der Waals surface area contributed by atoms with Gasteiger partial charge in [-0.15, -0.1) is 0 Å². The Labute approximate surface area is 127 Å². The van der Waals surface area contributed by atoms with Crippen LogP contribution in [0.3, 0.4) is 0 Å². The van der Waals surface area contributed by atoms with Crippen molar-refractivity contribution < 1.29 is 4.79 Å². The number of anilines is 1. The molecule has 2 N–H and O–H groups in total. The van der Waals surface area contributed by atoms with Crippen LogP contribution in [0.15, 0.2) is 18.3 Å². The van der Waals surface area contributed by atoms with Gasteiger partial charge in [0.25, 0.3) is 0 Å². The van der Waals surface area contributed by atoms with Gasteiger partial charge in [0.05, 0.1) is 5.92 Å². The summed E-state index contributed by atoms with van der Waals surface area (Å²) < 4.78 is 0. The van der Waals surface area contributed by atoms with Gasteiger partial charge < -0.3 is 15.5 Å². The van der Waals surface area contributed by atoms with Crippen LogP contribution in [0.2, 0.25) is 0 Å². The molecule has 5 heteroatoms. The number of piperidine rings is 1. The fourth-order valence-electron chi connectivity index (χ4n) is 2.75. The van der Waals surface area contributed by atoms with Gasteiger partial charge in [-0.25, -0.2) is 4.98 Å². The topological polar surface area (TPSA) is 57.3 Å². The summed E-state index contributed by atoms with van der Waals surface area (Å²) >= 11 is 0. The Morgan fingerprint density at radius 3 is 3.05 bits per heavy atom. The molecule has 5 nitrogen and oxygen atoms in total. The van der Waals surface area contributed by atoms with E-state index in [1.165, 1.54) is 5.56 Å². The molecule has 1 amide bonds. The smallest absolute Gasteiger partial charge is 0.224 e. The minimum absolute atomic E-state index is 0.0664. The second-order valence-electron chi connectivity index (χ2n) is 5.92. The van der Waals surface area contributed by atoms with E-state index in [0.29, 0.717) is 6.04 Å². The molecule has 0 aliphatic carbocycles. The molecule has 1 atom stereocenters. The van der Waals surface area contributed by atoms with E-state index in [9.17, 15) is 4.79 Å². The lowest BCUT2D eigenvalue weighted by molar-refractivity contribution is -0.124. The van der Waals surface area contributed by atoms with Gasteiger partial charge in [-0.1, -0.05) is 19.9 Å². The molecule has 2 rings (SSSR count). The molecule has 0 radical (unpaired) electrons. The zero-order chi connectivity index (χ0) is 15.2. The number of nitrogens with zero attached hydrogens (tertiary/aromatic N) is 2. The number of carbonyl (C=O) groups excluding carboxylic acids is 1. The number of nitrogens with one attached hydrogen (secondary N) is 2. The molecule has 1 aliphatic rings. The summed E-state index contributed by atoms with van der Waals surface area (Å²) in [6.45, 7) is 6.81. The van der Waals surface area contributed by atoms with Crippen LogP contribution in [0.4, 0.5) is 5.82 Å². The van der Waals surface area contributed by atoms with Gasteiger partial charge >= 0.3 is 0 Å². The largest absolute Gasteiger partial charge is 0.359 e. The van der Waals surface area contributed by atoms with Gasteiger partial charge in [-0.3, -0.25) is 4.79 Å². The van der Waals surface area contributed by atoms with Crippen LogP contribution in [0.1, 0.15) is 32.3 Å². The molecule has 1 unspecified atom stereocenters. The van der Waals surface area contributed by atoms with Crippen LogP contribution >= 0.6 is 0 Å². The number of carbonyl (C=O) groups is 1. The van der Waals surface area contributed by atoms with Crippen LogP contribution < -0.4 is 15.5 Å². The highest BCUT2D eigenvalue weighted by Gasteiger charge is 2.26. The van der Waals surface area contributed by atoms with Crippen molar-refractivity contribution >= 4 is 11.7 Å². The van der Waals surface area contributed by atoms with Gasteiger partial charge in [0.15, 0.2) is 0 Å². The fraction of sp³-hybridized carbons (Fsp3) is 0.625. The lowest BCUT2D eigenvalue weighted by atomic mass is 9.97. The molecule has 0 bridgehead atoms. The van der Waals surface area contributed by atoms with Crippen LogP contribution in [-0.2, 0) is 11.3 Å². The monoisotopic (exact) mass is 290 g/mol. The number of hydrogen-bond donors (Lipinski definition) is 2. The Balaban J connectivity index is 2.11. The third-order valence-electron chi connectivity index (χ3n) is 3.91. The molecule has 2 heterocycles. The van der Waals surface area contributed by atoms with Gasteiger partial charge in [0.1, 0.15) is 5.82 Å². The quantitative estimate of drug-likeness (QED) is 0.864. The van der Waals surface area contributed by atoms with E-state index in [1.54, 1.807) is 7.05 Å². The molecule has 0 aromatic carbocycles. The highest BCUT2D eigenvalue weighted by atomic mass is 16.1. The van der Waals surface area contributed by atoms with E-state index in [1.807, 2.05) is 12.3 Å². The van der Waals surface area contributed by atoms with Gasteiger partial charge in [0.2, 0.25) is 5.91 Å². The van der Waals surface area contributed by atoms with Crippen LogP contribution in [0.5, 0.6) is 0 Å². The first-order chi connectivity index (χ1) is 10.1. The summed E-state index contributed by atoms with van der Waals surface area (Å²) in [5.74, 6) is 1.22. The van der Waals surface area contributed by atoms with Gasteiger partial charge in [-0.2, -0.15) is 0 Å². The van der Waals surface area contributed by atoms with E-state index < -0.39 is 0 Å². The molecule has 1 aromatic rings. The van der Waals surface area contributed by atoms with E-state index in [-0.39, 0.29) is 11.8 Å². The Bertz CT molecular complexity index is 475. The maximum Gasteiger partial charge on any atom is 0.224 e. The van der Waals surface area contributed by atoms with E-state index in [0.717, 1.165) is 38.3 Å². The summed E-state index contributed by atoms with van der Waals surface area (Å²) in [5, 5.41) is 6.20. The zero-order valence-corrected chi connectivity index (χ0v) is 13.2. The molecular weight excluding hydrogens is 264 g/mol. The van der Waals surface area contributed by atoms with Gasteiger partial charge in [0, 0.05) is 44.5 Å². The maximum atomic E-state index is 11.9. The summed E-state index contributed by atoms with van der Waals surface area (Å²) in [6.07, 6.45) is 3.83. The highest BCUT2D eigenvalue weighted by molar-refractivity contribution is 5.79. The fourth-order valence-corrected chi connectivity index (χ4v) is 2.75. The Morgan fingerprint density at radius 2 is 2.33 bits per heavy atom. The molecular formula is C16H26N4O. The lowest BCUT2D eigenvalue weighted by Gasteiger charge is -2.33. The van der Waals surface area contributed by atoms with Crippen LogP contribution in [-0.4, -0.2) is 37.1 Å². The molecule has 1 saturated heterocycles. The minimum Gasteiger partial charge on any atom is -0.359 e. The summed E-state index contributed by atoms with van der Waals surface area (Å²) in [6, 6.07) is 4.53. The SMILES string of the molecule is CNC(=O)C1CCCN(c2ncccc2CNC(C)C)C1. The van der Waals surface area contributed by atoms with Gasteiger partial charge in [-0.05, 0) is 18.9 Å². The van der Waals surface area contributed by atoms with Crippen molar-refractivity contribution in [1.29, 1.82) is 0 Å². The average Bonchev–Trinajstić information content (AvgIpc) is 2.52. The second kappa shape index (κ2) is 7.41. The predicted molar refractivity (Wildman–Crippen MR) is 85.2 cm³/mol. The first-order valence-electron chi connectivity index (χ1n) is 7.75. The summed E-state index contributed by atoms with van der Waals surface area (Å²) in [4.78, 5) is 18.7. The molecule has 116 valence electrons. The third kappa shape index (κ3) is 4.17. The second-order valence-corrected chi connectivity index (χ2v) is 5.92. The van der Waals surface area contributed by atoms with Crippen molar-refractivity contribution in [1.82, 2.24) is 15.6 Å². The molecule has 1 aromatic heterocycles. The number of rotatable bonds is 5. The lowest BCUT2D eigenvalue weighted by Crippen LogP contribution is -2.43. The van der Waals surface area contributed by atoms with Crippen molar-refractivity contribution in [2.75, 3.05) is 25.0 Å². The van der Waals surface area contributed by atoms with E-state index >= 15 is 0 Å². The molecule has 1 aliphatic heterocycles. The zero-order valence-electron chi connectivity index (χ0n) is 13.2. The number of hydrogen-bond acceptors (Lipinski definition) is 4. The van der Waals surface area contributed by atoms with Crippen molar-refractivity contribution in [2.24, 2.45) is 5.92 Å². The summed E-state index contributed by atoms with van der Waals surface area (Å²) in [7, 11) is 1.71. The first kappa shape index (κ1) is 15.8. The van der Waals surface area contributed by atoms with Crippen LogP contribution in [0, 0.1) is 5.92 Å².